The van der Waals surface area contributed by atoms with Crippen molar-refractivity contribution in [1.82, 2.24) is 9.78 Å². The Morgan fingerprint density at radius 1 is 1.44 bits per heavy atom. The highest BCUT2D eigenvalue weighted by atomic mass is 16.5. The summed E-state index contributed by atoms with van der Waals surface area (Å²) < 4.78 is 6.86. The molecule has 0 bridgehead atoms. The molecule has 1 rings (SSSR count). The van der Waals surface area contributed by atoms with Gasteiger partial charge in [0.05, 0.1) is 17.1 Å². The predicted molar refractivity (Wildman–Crippen MR) is 62.4 cm³/mol. The third kappa shape index (κ3) is 2.24. The van der Waals surface area contributed by atoms with Crippen molar-refractivity contribution in [2.75, 3.05) is 12.4 Å². The van der Waals surface area contributed by atoms with Gasteiger partial charge in [0.1, 0.15) is 5.60 Å². The van der Waals surface area contributed by atoms with Crippen LogP contribution in [-0.2, 0) is 16.6 Å². The number of hydrogen-bond donors (Lipinski definition) is 1. The Morgan fingerprint density at radius 3 is 2.38 bits per heavy atom. The molecular weight excluding hydrogens is 206 g/mol. The maximum absolute atomic E-state index is 11.9. The molecule has 90 valence electrons. The highest BCUT2D eigenvalue weighted by Gasteiger charge is 2.28. The SMILES string of the molecule is COC(C)(C)C(=O)Nc1c(C)nn(C)c1C. The molecule has 0 saturated heterocycles. The van der Waals surface area contributed by atoms with Crippen molar-refractivity contribution in [3.05, 3.63) is 11.4 Å². The van der Waals surface area contributed by atoms with E-state index in [4.69, 9.17) is 4.74 Å². The van der Waals surface area contributed by atoms with Crippen LogP contribution in [0.1, 0.15) is 25.2 Å². The van der Waals surface area contributed by atoms with Gasteiger partial charge in [0.15, 0.2) is 0 Å². The lowest BCUT2D eigenvalue weighted by atomic mass is 10.1. The molecule has 1 aromatic heterocycles. The van der Waals surface area contributed by atoms with Crippen LogP contribution in [0.4, 0.5) is 5.69 Å². The second kappa shape index (κ2) is 4.25. The van der Waals surface area contributed by atoms with Crippen molar-refractivity contribution in [3.63, 3.8) is 0 Å². The Morgan fingerprint density at radius 2 is 2.00 bits per heavy atom. The van der Waals surface area contributed by atoms with Gasteiger partial charge in [-0.1, -0.05) is 0 Å². The normalized spacial score (nSPS) is 11.6. The van der Waals surface area contributed by atoms with Crippen LogP contribution in [0.2, 0.25) is 0 Å². The number of nitrogens with zero attached hydrogens (tertiary/aromatic N) is 2. The second-order valence-corrected chi connectivity index (χ2v) is 4.34. The molecule has 5 heteroatoms. The number of rotatable bonds is 3. The molecule has 1 amide bonds. The largest absolute Gasteiger partial charge is 0.369 e. The first-order chi connectivity index (χ1) is 7.29. The van der Waals surface area contributed by atoms with Gasteiger partial charge >= 0.3 is 0 Å². The van der Waals surface area contributed by atoms with E-state index in [1.165, 1.54) is 7.11 Å². The van der Waals surface area contributed by atoms with Gasteiger partial charge in [-0.05, 0) is 27.7 Å². The van der Waals surface area contributed by atoms with Crippen LogP contribution in [0.15, 0.2) is 0 Å². The molecule has 1 aromatic rings. The Bertz CT molecular complexity index is 408. The number of carbonyl (C=O) groups excluding carboxylic acids is 1. The highest BCUT2D eigenvalue weighted by molar-refractivity contribution is 5.97. The summed E-state index contributed by atoms with van der Waals surface area (Å²) in [5, 5.41) is 7.08. The summed E-state index contributed by atoms with van der Waals surface area (Å²) in [6.45, 7) is 7.23. The zero-order valence-electron chi connectivity index (χ0n) is 10.7. The number of methoxy groups -OCH3 is 1. The molecule has 16 heavy (non-hydrogen) atoms. The van der Waals surface area contributed by atoms with Crippen LogP contribution >= 0.6 is 0 Å². The standard InChI is InChI=1S/C11H19N3O2/c1-7-9(8(2)14(5)13-7)12-10(15)11(3,4)16-6/h1-6H3,(H,12,15). The topological polar surface area (TPSA) is 56.1 Å². The lowest BCUT2D eigenvalue weighted by Gasteiger charge is -2.21. The maximum Gasteiger partial charge on any atom is 0.256 e. The predicted octanol–water partition coefficient (Wildman–Crippen LogP) is 1.40. The van der Waals surface area contributed by atoms with E-state index in [1.54, 1.807) is 18.5 Å². The average molecular weight is 225 g/mol. The third-order valence-electron chi connectivity index (χ3n) is 2.80. The van der Waals surface area contributed by atoms with Gasteiger partial charge < -0.3 is 10.1 Å². The zero-order chi connectivity index (χ0) is 12.5. The zero-order valence-corrected chi connectivity index (χ0v) is 10.7. The molecule has 0 aliphatic rings. The first kappa shape index (κ1) is 12.7. The van der Waals surface area contributed by atoms with Crippen molar-refractivity contribution >= 4 is 11.6 Å². The van der Waals surface area contributed by atoms with Crippen LogP contribution in [0.25, 0.3) is 0 Å². The van der Waals surface area contributed by atoms with Crippen molar-refractivity contribution < 1.29 is 9.53 Å². The van der Waals surface area contributed by atoms with E-state index in [0.717, 1.165) is 17.1 Å². The van der Waals surface area contributed by atoms with Gasteiger partial charge in [-0.2, -0.15) is 5.10 Å². The summed E-state index contributed by atoms with van der Waals surface area (Å²) in [5.74, 6) is -0.172. The first-order valence-electron chi connectivity index (χ1n) is 5.16. The Hall–Kier alpha value is -1.36. The minimum atomic E-state index is -0.839. The monoisotopic (exact) mass is 225 g/mol. The summed E-state index contributed by atoms with van der Waals surface area (Å²) >= 11 is 0. The molecule has 5 nitrogen and oxygen atoms in total. The summed E-state index contributed by atoms with van der Waals surface area (Å²) in [7, 11) is 3.36. The van der Waals surface area contributed by atoms with Crippen molar-refractivity contribution in [2.45, 2.75) is 33.3 Å². The number of ether oxygens (including phenoxy) is 1. The number of carbonyl (C=O) groups is 1. The van der Waals surface area contributed by atoms with Crippen molar-refractivity contribution in [1.29, 1.82) is 0 Å². The molecule has 0 saturated carbocycles. The smallest absolute Gasteiger partial charge is 0.256 e. The molecule has 0 unspecified atom stereocenters. The van der Waals surface area contributed by atoms with E-state index >= 15 is 0 Å². The van der Waals surface area contributed by atoms with Crippen LogP contribution < -0.4 is 5.32 Å². The first-order valence-corrected chi connectivity index (χ1v) is 5.16. The van der Waals surface area contributed by atoms with Crippen molar-refractivity contribution in [2.24, 2.45) is 7.05 Å². The van der Waals surface area contributed by atoms with E-state index in [0.29, 0.717) is 0 Å². The lowest BCUT2D eigenvalue weighted by molar-refractivity contribution is -0.133. The summed E-state index contributed by atoms with van der Waals surface area (Å²) in [6, 6.07) is 0. The van der Waals surface area contributed by atoms with Gasteiger partial charge in [0, 0.05) is 14.2 Å². The van der Waals surface area contributed by atoms with Crippen molar-refractivity contribution in [3.8, 4) is 0 Å². The summed E-state index contributed by atoms with van der Waals surface area (Å²) in [5.41, 5.74) is 1.66. The van der Waals surface area contributed by atoms with Gasteiger partial charge in [-0.15, -0.1) is 0 Å². The third-order valence-corrected chi connectivity index (χ3v) is 2.80. The van der Waals surface area contributed by atoms with E-state index in [1.807, 2.05) is 20.9 Å². The Balaban J connectivity index is 2.94. The molecule has 0 atom stereocenters. The molecule has 0 aliphatic carbocycles. The van der Waals surface area contributed by atoms with E-state index in [-0.39, 0.29) is 5.91 Å². The lowest BCUT2D eigenvalue weighted by Crippen LogP contribution is -2.39. The second-order valence-electron chi connectivity index (χ2n) is 4.34. The van der Waals surface area contributed by atoms with Crippen LogP contribution in [0.5, 0.6) is 0 Å². The molecule has 0 aromatic carbocycles. The Labute approximate surface area is 95.8 Å². The number of aromatic nitrogens is 2. The molecule has 0 aliphatic heterocycles. The van der Waals surface area contributed by atoms with Gasteiger partial charge in [0.25, 0.3) is 5.91 Å². The fraction of sp³-hybridized carbons (Fsp3) is 0.636. The van der Waals surface area contributed by atoms with Crippen LogP contribution in [0, 0.1) is 13.8 Å². The molecular formula is C11H19N3O2. The fourth-order valence-electron chi connectivity index (χ4n) is 1.31. The Kier molecular flexibility index (Phi) is 3.38. The highest BCUT2D eigenvalue weighted by Crippen LogP contribution is 2.20. The number of aryl methyl sites for hydroxylation is 2. The molecule has 1 heterocycles. The van der Waals surface area contributed by atoms with E-state index < -0.39 is 5.60 Å². The average Bonchev–Trinajstić information content (AvgIpc) is 2.45. The summed E-state index contributed by atoms with van der Waals surface area (Å²) in [4.78, 5) is 11.9. The number of hydrogen-bond acceptors (Lipinski definition) is 3. The fourth-order valence-corrected chi connectivity index (χ4v) is 1.31. The number of amides is 1. The van der Waals surface area contributed by atoms with E-state index in [2.05, 4.69) is 10.4 Å². The maximum atomic E-state index is 11.9. The number of anilines is 1. The minimum absolute atomic E-state index is 0.172. The molecule has 0 radical (unpaired) electrons. The van der Waals surface area contributed by atoms with Crippen LogP contribution in [-0.4, -0.2) is 28.4 Å². The van der Waals surface area contributed by atoms with Crippen LogP contribution in [0.3, 0.4) is 0 Å². The van der Waals surface area contributed by atoms with Gasteiger partial charge in [0.2, 0.25) is 0 Å². The minimum Gasteiger partial charge on any atom is -0.369 e. The molecule has 1 N–H and O–H groups in total. The van der Waals surface area contributed by atoms with E-state index in [9.17, 15) is 4.79 Å². The van der Waals surface area contributed by atoms with Gasteiger partial charge in [-0.25, -0.2) is 0 Å². The quantitative estimate of drug-likeness (QED) is 0.846. The van der Waals surface area contributed by atoms with Gasteiger partial charge in [-0.3, -0.25) is 9.48 Å². The summed E-state index contributed by atoms with van der Waals surface area (Å²) in [6.07, 6.45) is 0. The molecule has 0 fully saturated rings. The number of nitrogens with one attached hydrogen (secondary N) is 1. The molecule has 0 spiro atoms.